The Bertz CT molecular complexity index is 686. The number of carbonyl (C=O) groups is 1. The minimum atomic E-state index is -0.318. The highest BCUT2D eigenvalue weighted by molar-refractivity contribution is 9.11. The molecule has 2 aromatic rings. The fourth-order valence-electron chi connectivity index (χ4n) is 2.38. The summed E-state index contributed by atoms with van der Waals surface area (Å²) in [6.45, 7) is 9.54. The Morgan fingerprint density at radius 2 is 1.95 bits per heavy atom. The van der Waals surface area contributed by atoms with Crippen molar-refractivity contribution in [1.29, 1.82) is 0 Å². The minimum absolute atomic E-state index is 0.00139. The summed E-state index contributed by atoms with van der Waals surface area (Å²) in [5.41, 5.74) is 1.31. The number of imidazole rings is 1. The largest absolute Gasteiger partial charge is 0.291 e. The fourth-order valence-corrected chi connectivity index (χ4v) is 3.65. The van der Waals surface area contributed by atoms with E-state index in [0.29, 0.717) is 0 Å². The third-order valence-corrected chi connectivity index (χ3v) is 4.00. The molecule has 6 heteroatoms. The van der Waals surface area contributed by atoms with Crippen molar-refractivity contribution in [3.63, 3.8) is 0 Å². The molecular formula is C14H17Br2N3O. The van der Waals surface area contributed by atoms with Crippen molar-refractivity contribution in [1.82, 2.24) is 9.38 Å². The zero-order valence-electron chi connectivity index (χ0n) is 12.2. The first-order valence-electron chi connectivity index (χ1n) is 6.27. The number of hydrogen-bond acceptors (Lipinski definition) is 2. The van der Waals surface area contributed by atoms with E-state index >= 15 is 0 Å². The molecule has 1 amide bonds. The van der Waals surface area contributed by atoms with Crippen molar-refractivity contribution in [2.75, 3.05) is 4.90 Å². The van der Waals surface area contributed by atoms with Gasteiger partial charge in [0, 0.05) is 23.1 Å². The lowest BCUT2D eigenvalue weighted by Crippen LogP contribution is -2.45. The van der Waals surface area contributed by atoms with E-state index in [4.69, 9.17) is 0 Å². The summed E-state index contributed by atoms with van der Waals surface area (Å²) >= 11 is 7.00. The van der Waals surface area contributed by atoms with E-state index in [0.717, 1.165) is 26.1 Å². The number of rotatable bonds is 1. The number of nitrogens with zero attached hydrogens (tertiary/aromatic N) is 3. The number of pyridine rings is 1. The van der Waals surface area contributed by atoms with Crippen LogP contribution in [0.3, 0.4) is 0 Å². The standard InChI is InChI=1S/C14H17Br2N3O/c1-8-13(19(9(2)20)14(3,4)5)18-7-10(15)6-11(16)12(18)17-8/h6-7H,1-5H3. The maximum Gasteiger partial charge on any atom is 0.225 e. The van der Waals surface area contributed by atoms with Crippen molar-refractivity contribution >= 4 is 49.2 Å². The lowest BCUT2D eigenvalue weighted by molar-refractivity contribution is -0.117. The second kappa shape index (κ2) is 5.15. The van der Waals surface area contributed by atoms with Gasteiger partial charge in [-0.25, -0.2) is 4.98 Å². The number of hydrogen-bond donors (Lipinski definition) is 0. The molecule has 0 aliphatic heterocycles. The molecule has 2 rings (SSSR count). The van der Waals surface area contributed by atoms with Gasteiger partial charge >= 0.3 is 0 Å². The van der Waals surface area contributed by atoms with Gasteiger partial charge in [-0.05, 0) is 65.6 Å². The summed E-state index contributed by atoms with van der Waals surface area (Å²) in [5.74, 6) is 0.806. The Balaban J connectivity index is 2.82. The number of carbonyl (C=O) groups excluding carboxylic acids is 1. The summed E-state index contributed by atoms with van der Waals surface area (Å²) in [5, 5.41) is 0. The molecule has 0 bridgehead atoms. The fraction of sp³-hybridized carbons (Fsp3) is 0.429. The lowest BCUT2D eigenvalue weighted by atomic mass is 10.1. The van der Waals surface area contributed by atoms with Crippen molar-refractivity contribution in [2.24, 2.45) is 0 Å². The van der Waals surface area contributed by atoms with Crippen LogP contribution < -0.4 is 4.90 Å². The smallest absolute Gasteiger partial charge is 0.225 e. The summed E-state index contributed by atoms with van der Waals surface area (Å²) in [4.78, 5) is 18.5. The van der Waals surface area contributed by atoms with Crippen molar-refractivity contribution in [3.8, 4) is 0 Å². The Labute approximate surface area is 135 Å². The number of aryl methyl sites for hydroxylation is 1. The molecule has 0 aliphatic carbocycles. The van der Waals surface area contributed by atoms with E-state index < -0.39 is 0 Å². The van der Waals surface area contributed by atoms with E-state index in [-0.39, 0.29) is 11.4 Å². The van der Waals surface area contributed by atoms with Gasteiger partial charge in [0.25, 0.3) is 0 Å². The molecule has 2 aromatic heterocycles. The minimum Gasteiger partial charge on any atom is -0.291 e. The first kappa shape index (κ1) is 15.5. The van der Waals surface area contributed by atoms with E-state index in [1.54, 1.807) is 11.8 Å². The van der Waals surface area contributed by atoms with Crippen LogP contribution in [0.5, 0.6) is 0 Å². The third kappa shape index (κ3) is 2.63. The zero-order chi connectivity index (χ0) is 15.2. The van der Waals surface area contributed by atoms with Crippen LogP contribution in [0.15, 0.2) is 21.2 Å². The van der Waals surface area contributed by atoms with Crippen LogP contribution >= 0.6 is 31.9 Å². The SMILES string of the molecule is CC(=O)N(c1c(C)nc2c(Br)cc(Br)cn12)C(C)(C)C. The molecule has 20 heavy (non-hydrogen) atoms. The molecule has 4 nitrogen and oxygen atoms in total. The van der Waals surface area contributed by atoms with E-state index in [1.165, 1.54) is 0 Å². The van der Waals surface area contributed by atoms with Crippen LogP contribution in [-0.2, 0) is 4.79 Å². The molecule has 0 fully saturated rings. The molecule has 0 saturated heterocycles. The van der Waals surface area contributed by atoms with Gasteiger partial charge in [-0.3, -0.25) is 14.1 Å². The Hall–Kier alpha value is -0.880. The molecule has 0 N–H and O–H groups in total. The summed E-state index contributed by atoms with van der Waals surface area (Å²) in [7, 11) is 0. The topological polar surface area (TPSA) is 37.6 Å². The van der Waals surface area contributed by atoms with Gasteiger partial charge in [-0.15, -0.1) is 0 Å². The van der Waals surface area contributed by atoms with Gasteiger partial charge in [0.05, 0.1) is 10.2 Å². The molecule has 0 radical (unpaired) electrons. The first-order valence-corrected chi connectivity index (χ1v) is 7.86. The average molecular weight is 403 g/mol. The third-order valence-electron chi connectivity index (χ3n) is 2.98. The summed E-state index contributed by atoms with van der Waals surface area (Å²) in [6.07, 6.45) is 1.93. The number of anilines is 1. The summed E-state index contributed by atoms with van der Waals surface area (Å²) in [6, 6.07) is 1.95. The van der Waals surface area contributed by atoms with Crippen molar-refractivity contribution in [3.05, 3.63) is 26.9 Å². The monoisotopic (exact) mass is 401 g/mol. The van der Waals surface area contributed by atoms with Crippen LogP contribution in [0.2, 0.25) is 0 Å². The Morgan fingerprint density at radius 1 is 1.35 bits per heavy atom. The van der Waals surface area contributed by atoms with Crippen LogP contribution in [0.4, 0.5) is 5.82 Å². The van der Waals surface area contributed by atoms with E-state index in [9.17, 15) is 4.79 Å². The number of amides is 1. The van der Waals surface area contributed by atoms with Gasteiger partial charge in [-0.2, -0.15) is 0 Å². The van der Waals surface area contributed by atoms with Gasteiger partial charge in [-0.1, -0.05) is 0 Å². The van der Waals surface area contributed by atoms with Gasteiger partial charge < -0.3 is 0 Å². The Kier molecular flexibility index (Phi) is 3.99. The van der Waals surface area contributed by atoms with Gasteiger partial charge in [0.2, 0.25) is 5.91 Å². The average Bonchev–Trinajstić information content (AvgIpc) is 2.55. The van der Waals surface area contributed by atoms with E-state index in [1.807, 2.05) is 44.4 Å². The molecule has 0 aromatic carbocycles. The van der Waals surface area contributed by atoms with Crippen LogP contribution in [0.25, 0.3) is 5.65 Å². The molecule has 0 aliphatic rings. The highest BCUT2D eigenvalue weighted by atomic mass is 79.9. The quantitative estimate of drug-likeness (QED) is 0.712. The second-order valence-corrected chi connectivity index (χ2v) is 7.52. The predicted octanol–water partition coefficient (Wildman–Crippen LogP) is 4.32. The van der Waals surface area contributed by atoms with Crippen LogP contribution in [0, 0.1) is 6.92 Å². The van der Waals surface area contributed by atoms with Crippen molar-refractivity contribution in [2.45, 2.75) is 40.2 Å². The van der Waals surface area contributed by atoms with Crippen LogP contribution in [-0.4, -0.2) is 20.8 Å². The van der Waals surface area contributed by atoms with Gasteiger partial charge in [0.15, 0.2) is 5.65 Å². The highest BCUT2D eigenvalue weighted by Crippen LogP contribution is 2.32. The van der Waals surface area contributed by atoms with Crippen LogP contribution in [0.1, 0.15) is 33.4 Å². The molecule has 2 heterocycles. The summed E-state index contributed by atoms with van der Waals surface area (Å²) < 4.78 is 3.75. The molecule has 0 spiro atoms. The van der Waals surface area contributed by atoms with Crippen molar-refractivity contribution < 1.29 is 4.79 Å². The Morgan fingerprint density at radius 3 is 2.45 bits per heavy atom. The molecule has 108 valence electrons. The molecule has 0 atom stereocenters. The predicted molar refractivity (Wildman–Crippen MR) is 88.2 cm³/mol. The van der Waals surface area contributed by atoms with Gasteiger partial charge in [0.1, 0.15) is 5.82 Å². The number of aromatic nitrogens is 2. The number of fused-ring (bicyclic) bond motifs is 1. The molecule has 0 saturated carbocycles. The normalized spacial score (nSPS) is 11.9. The lowest BCUT2D eigenvalue weighted by Gasteiger charge is -2.34. The maximum absolute atomic E-state index is 12.1. The number of halogens is 2. The molecule has 0 unspecified atom stereocenters. The maximum atomic E-state index is 12.1. The second-order valence-electron chi connectivity index (χ2n) is 5.75. The highest BCUT2D eigenvalue weighted by Gasteiger charge is 2.30. The zero-order valence-corrected chi connectivity index (χ0v) is 15.3. The molecular weight excluding hydrogens is 386 g/mol. The first-order chi connectivity index (χ1) is 9.12. The van der Waals surface area contributed by atoms with E-state index in [2.05, 4.69) is 36.8 Å².